The number of amides is 1. The molecular weight excluding hydrogens is 364 g/mol. The van der Waals surface area contributed by atoms with E-state index in [-0.39, 0.29) is 22.7 Å². The third-order valence-electron chi connectivity index (χ3n) is 3.75. The molecule has 1 amide bonds. The van der Waals surface area contributed by atoms with Gasteiger partial charge in [0.2, 0.25) is 0 Å². The number of thiocarbonyl (C=S) groups is 1. The highest BCUT2D eigenvalue weighted by Gasteiger charge is 2.14. The molecule has 0 aliphatic heterocycles. The number of para-hydroxylation sites is 1. The molecule has 0 unspecified atom stereocenters. The number of rotatable bonds is 5. The van der Waals surface area contributed by atoms with E-state index in [2.05, 4.69) is 31.4 Å². The summed E-state index contributed by atoms with van der Waals surface area (Å²) < 4.78 is 5.45. The van der Waals surface area contributed by atoms with Crippen LogP contribution in [-0.2, 0) is 10.2 Å². The second kappa shape index (κ2) is 8.64. The zero-order chi connectivity index (χ0) is 20.0. The third-order valence-corrected chi connectivity index (χ3v) is 3.95. The van der Waals surface area contributed by atoms with Crippen LogP contribution in [0.2, 0.25) is 0 Å². The Hall–Kier alpha value is -2.93. The molecule has 0 saturated carbocycles. The minimum Gasteiger partial charge on any atom is -0.484 e. The van der Waals surface area contributed by atoms with E-state index in [4.69, 9.17) is 22.1 Å². The molecule has 7 heteroatoms. The van der Waals surface area contributed by atoms with Gasteiger partial charge < -0.3 is 15.2 Å². The Morgan fingerprint density at radius 2 is 1.70 bits per heavy atom. The van der Waals surface area contributed by atoms with Gasteiger partial charge in [-0.15, -0.1) is 0 Å². The van der Waals surface area contributed by atoms with Crippen molar-refractivity contribution in [3.63, 3.8) is 0 Å². The Balaban J connectivity index is 1.87. The number of aromatic carboxylic acids is 1. The lowest BCUT2D eigenvalue weighted by atomic mass is 9.87. The summed E-state index contributed by atoms with van der Waals surface area (Å²) in [4.78, 5) is 23.2. The summed E-state index contributed by atoms with van der Waals surface area (Å²) in [7, 11) is 0. The minimum atomic E-state index is -1.09. The van der Waals surface area contributed by atoms with Gasteiger partial charge in [-0.1, -0.05) is 45.0 Å². The van der Waals surface area contributed by atoms with Gasteiger partial charge in [-0.2, -0.15) is 0 Å². The Morgan fingerprint density at radius 1 is 1.07 bits per heavy atom. The standard InChI is InChI=1S/C20H22N2O4S/c1-20(2,3)13-8-10-14(11-9-13)26-12-17(23)22-19(27)21-16-7-5-4-6-15(16)18(24)25/h4-11H,12H2,1-3H3,(H,24,25)(H2,21,22,23,27). The zero-order valence-corrected chi connectivity index (χ0v) is 16.2. The molecule has 0 saturated heterocycles. The molecule has 3 N–H and O–H groups in total. The van der Waals surface area contributed by atoms with E-state index in [1.807, 2.05) is 24.3 Å². The highest BCUT2D eigenvalue weighted by Crippen LogP contribution is 2.24. The topological polar surface area (TPSA) is 87.7 Å². The van der Waals surface area contributed by atoms with Crippen molar-refractivity contribution in [2.24, 2.45) is 0 Å². The second-order valence-corrected chi connectivity index (χ2v) is 7.32. The average Bonchev–Trinajstić information content (AvgIpc) is 2.59. The number of carboxylic acids is 1. The maximum atomic E-state index is 12.0. The predicted octanol–water partition coefficient (Wildman–Crippen LogP) is 3.57. The van der Waals surface area contributed by atoms with E-state index in [0.29, 0.717) is 11.4 Å². The zero-order valence-electron chi connectivity index (χ0n) is 15.4. The lowest BCUT2D eigenvalue weighted by Gasteiger charge is -2.19. The molecule has 0 fully saturated rings. The van der Waals surface area contributed by atoms with Crippen molar-refractivity contribution in [3.05, 3.63) is 59.7 Å². The van der Waals surface area contributed by atoms with Crippen LogP contribution < -0.4 is 15.4 Å². The first-order valence-electron chi connectivity index (χ1n) is 8.33. The van der Waals surface area contributed by atoms with Crippen LogP contribution in [0, 0.1) is 0 Å². The number of nitrogens with one attached hydrogen (secondary N) is 2. The third kappa shape index (κ3) is 6.07. The summed E-state index contributed by atoms with van der Waals surface area (Å²) in [6, 6.07) is 13.8. The molecule has 0 heterocycles. The SMILES string of the molecule is CC(C)(C)c1ccc(OCC(=O)NC(=S)Nc2ccccc2C(=O)O)cc1. The Labute approximate surface area is 163 Å². The van der Waals surface area contributed by atoms with Crippen molar-refractivity contribution >= 4 is 34.9 Å². The molecule has 0 aliphatic rings. The highest BCUT2D eigenvalue weighted by molar-refractivity contribution is 7.80. The molecule has 0 aliphatic carbocycles. The molecule has 6 nitrogen and oxygen atoms in total. The number of ether oxygens (including phenoxy) is 1. The number of anilines is 1. The van der Waals surface area contributed by atoms with Crippen molar-refractivity contribution in [2.45, 2.75) is 26.2 Å². The lowest BCUT2D eigenvalue weighted by molar-refractivity contribution is -0.121. The van der Waals surface area contributed by atoms with Crippen LogP contribution in [0.25, 0.3) is 0 Å². The summed E-state index contributed by atoms with van der Waals surface area (Å²) in [5.74, 6) is -0.956. The smallest absolute Gasteiger partial charge is 0.337 e. The van der Waals surface area contributed by atoms with Crippen LogP contribution in [-0.4, -0.2) is 28.7 Å². The Bertz CT molecular complexity index is 842. The number of hydrogen-bond donors (Lipinski definition) is 3. The monoisotopic (exact) mass is 386 g/mol. The summed E-state index contributed by atoms with van der Waals surface area (Å²) in [5.41, 5.74) is 1.57. The van der Waals surface area contributed by atoms with Gasteiger partial charge in [-0.05, 0) is 47.5 Å². The fraction of sp³-hybridized carbons (Fsp3) is 0.250. The molecule has 0 aromatic heterocycles. The fourth-order valence-electron chi connectivity index (χ4n) is 2.29. The van der Waals surface area contributed by atoms with Crippen molar-refractivity contribution in [1.82, 2.24) is 5.32 Å². The number of carbonyl (C=O) groups excluding carboxylic acids is 1. The predicted molar refractivity (Wildman–Crippen MR) is 108 cm³/mol. The van der Waals surface area contributed by atoms with E-state index >= 15 is 0 Å². The van der Waals surface area contributed by atoms with Crippen LogP contribution >= 0.6 is 12.2 Å². The van der Waals surface area contributed by atoms with Crippen LogP contribution in [0.15, 0.2) is 48.5 Å². The van der Waals surface area contributed by atoms with Gasteiger partial charge in [0.15, 0.2) is 11.7 Å². The summed E-state index contributed by atoms with van der Waals surface area (Å²) in [6.45, 7) is 6.14. The molecule has 27 heavy (non-hydrogen) atoms. The van der Waals surface area contributed by atoms with Crippen molar-refractivity contribution in [3.8, 4) is 5.75 Å². The molecular formula is C20H22N2O4S. The van der Waals surface area contributed by atoms with Crippen LogP contribution in [0.5, 0.6) is 5.75 Å². The van der Waals surface area contributed by atoms with Gasteiger partial charge in [-0.25, -0.2) is 4.79 Å². The maximum Gasteiger partial charge on any atom is 0.337 e. The maximum absolute atomic E-state index is 12.0. The first-order valence-corrected chi connectivity index (χ1v) is 8.74. The largest absolute Gasteiger partial charge is 0.484 e. The number of carboxylic acid groups (broad SMARTS) is 1. The lowest BCUT2D eigenvalue weighted by Crippen LogP contribution is -2.37. The van der Waals surface area contributed by atoms with Crippen LogP contribution in [0.4, 0.5) is 5.69 Å². The molecule has 2 aromatic rings. The number of hydrogen-bond acceptors (Lipinski definition) is 4. The van der Waals surface area contributed by atoms with E-state index in [1.54, 1.807) is 18.2 Å². The summed E-state index contributed by atoms with van der Waals surface area (Å²) in [5, 5.41) is 14.3. The first-order chi connectivity index (χ1) is 12.7. The normalized spacial score (nSPS) is 10.8. The van der Waals surface area contributed by atoms with Gasteiger partial charge in [0.25, 0.3) is 5.91 Å². The number of benzene rings is 2. The Morgan fingerprint density at radius 3 is 2.30 bits per heavy atom. The molecule has 2 rings (SSSR count). The molecule has 2 aromatic carbocycles. The minimum absolute atomic E-state index is 0.000352. The van der Waals surface area contributed by atoms with Gasteiger partial charge in [0, 0.05) is 0 Å². The molecule has 0 radical (unpaired) electrons. The van der Waals surface area contributed by atoms with E-state index in [1.165, 1.54) is 11.6 Å². The first kappa shape index (κ1) is 20.4. The summed E-state index contributed by atoms with van der Waals surface area (Å²) in [6.07, 6.45) is 0. The van der Waals surface area contributed by atoms with Crippen LogP contribution in [0.3, 0.4) is 0 Å². The van der Waals surface area contributed by atoms with Gasteiger partial charge in [-0.3, -0.25) is 10.1 Å². The van der Waals surface area contributed by atoms with E-state index in [0.717, 1.165) is 0 Å². The van der Waals surface area contributed by atoms with E-state index < -0.39 is 11.9 Å². The van der Waals surface area contributed by atoms with Gasteiger partial charge in [0.05, 0.1) is 11.3 Å². The quantitative estimate of drug-likeness (QED) is 0.681. The van der Waals surface area contributed by atoms with Crippen molar-refractivity contribution in [2.75, 3.05) is 11.9 Å². The van der Waals surface area contributed by atoms with Crippen molar-refractivity contribution < 1.29 is 19.4 Å². The number of carbonyl (C=O) groups is 2. The van der Waals surface area contributed by atoms with E-state index in [9.17, 15) is 9.59 Å². The van der Waals surface area contributed by atoms with Crippen LogP contribution in [0.1, 0.15) is 36.7 Å². The average molecular weight is 386 g/mol. The molecule has 0 bridgehead atoms. The second-order valence-electron chi connectivity index (χ2n) is 6.92. The van der Waals surface area contributed by atoms with Gasteiger partial charge >= 0.3 is 5.97 Å². The highest BCUT2D eigenvalue weighted by atomic mass is 32.1. The Kier molecular flexibility index (Phi) is 6.52. The molecule has 142 valence electrons. The molecule has 0 spiro atoms. The fourth-order valence-corrected chi connectivity index (χ4v) is 2.52. The summed E-state index contributed by atoms with van der Waals surface area (Å²) >= 11 is 5.06. The van der Waals surface area contributed by atoms with Crippen molar-refractivity contribution in [1.29, 1.82) is 0 Å². The van der Waals surface area contributed by atoms with Gasteiger partial charge in [0.1, 0.15) is 5.75 Å². The molecule has 0 atom stereocenters.